The van der Waals surface area contributed by atoms with E-state index in [1.54, 1.807) is 0 Å². The van der Waals surface area contributed by atoms with E-state index in [2.05, 4.69) is 75.4 Å². The van der Waals surface area contributed by atoms with Crippen LogP contribution in [0, 0.1) is 0 Å². The van der Waals surface area contributed by atoms with Crippen molar-refractivity contribution in [3.05, 3.63) is 71.8 Å². The van der Waals surface area contributed by atoms with E-state index >= 15 is 0 Å². The van der Waals surface area contributed by atoms with Gasteiger partial charge in [-0.2, -0.15) is 0 Å². The Morgan fingerprint density at radius 2 is 1.33 bits per heavy atom. The quantitative estimate of drug-likeness (QED) is 0.831. The van der Waals surface area contributed by atoms with Crippen molar-refractivity contribution in [1.29, 1.82) is 0 Å². The van der Waals surface area contributed by atoms with Crippen LogP contribution in [-0.4, -0.2) is 79.3 Å². The molecule has 27 heavy (non-hydrogen) atoms. The first-order valence-corrected chi connectivity index (χ1v) is 10.3. The minimum Gasteiger partial charge on any atom is -0.378 e. The van der Waals surface area contributed by atoms with Gasteiger partial charge in [0.15, 0.2) is 0 Å². The Morgan fingerprint density at radius 3 is 2.00 bits per heavy atom. The van der Waals surface area contributed by atoms with Crippen LogP contribution in [0.25, 0.3) is 0 Å². The second-order valence-corrected chi connectivity index (χ2v) is 8.09. The summed E-state index contributed by atoms with van der Waals surface area (Å²) < 4.78 is 5.71. The highest BCUT2D eigenvalue weighted by molar-refractivity contribution is 5.32. The lowest BCUT2D eigenvalue weighted by Crippen LogP contribution is -2.66. The molecule has 3 aliphatic heterocycles. The van der Waals surface area contributed by atoms with Gasteiger partial charge < -0.3 is 4.74 Å². The Kier molecular flexibility index (Phi) is 4.97. The summed E-state index contributed by atoms with van der Waals surface area (Å²) in [5.74, 6) is 0. The Bertz CT molecular complexity index is 692. The van der Waals surface area contributed by atoms with Crippen LogP contribution < -0.4 is 0 Å². The van der Waals surface area contributed by atoms with Crippen LogP contribution in [0.4, 0.5) is 0 Å². The predicted octanol–water partition coefficient (Wildman–Crippen LogP) is 2.48. The van der Waals surface area contributed by atoms with Crippen molar-refractivity contribution in [2.75, 3.05) is 52.5 Å². The number of benzene rings is 2. The topological polar surface area (TPSA) is 19.0 Å². The average Bonchev–Trinajstić information content (AvgIpc) is 2.71. The highest BCUT2D eigenvalue weighted by atomic mass is 16.5. The molecular formula is C23H29N3O. The number of hydrogen-bond donors (Lipinski definition) is 0. The molecule has 2 aromatic carbocycles. The van der Waals surface area contributed by atoms with Crippen molar-refractivity contribution in [2.45, 2.75) is 18.1 Å². The summed E-state index contributed by atoms with van der Waals surface area (Å²) in [6.45, 7) is 8.80. The van der Waals surface area contributed by atoms with Gasteiger partial charge in [-0.1, -0.05) is 60.7 Å². The lowest BCUT2D eigenvalue weighted by molar-refractivity contribution is -0.0756. The molecule has 0 saturated carbocycles. The van der Waals surface area contributed by atoms with E-state index in [0.29, 0.717) is 18.1 Å². The molecule has 4 heteroatoms. The fourth-order valence-electron chi connectivity index (χ4n) is 4.92. The standard InChI is InChI=1S/C23H29N3O/c1-3-7-19(8-4-1)23(20-9-5-2-6-10-20)26-15-21(16-26)25-12-11-24-13-14-27-18-22(24)17-25/h1-10,21-23H,11-18H2/t22-/m0/s1. The van der Waals surface area contributed by atoms with Crippen molar-refractivity contribution >= 4 is 0 Å². The van der Waals surface area contributed by atoms with E-state index in [1.807, 2.05) is 0 Å². The molecule has 0 aromatic heterocycles. The Balaban J connectivity index is 1.28. The number of piperazine rings is 1. The maximum atomic E-state index is 5.71. The van der Waals surface area contributed by atoms with Gasteiger partial charge in [-0.05, 0) is 11.1 Å². The molecule has 3 heterocycles. The second kappa shape index (κ2) is 7.72. The minimum absolute atomic E-state index is 0.364. The molecule has 0 aliphatic carbocycles. The van der Waals surface area contributed by atoms with Crippen LogP contribution in [0.3, 0.4) is 0 Å². The smallest absolute Gasteiger partial charge is 0.0634 e. The van der Waals surface area contributed by atoms with E-state index in [0.717, 1.165) is 32.8 Å². The van der Waals surface area contributed by atoms with Crippen LogP contribution >= 0.6 is 0 Å². The van der Waals surface area contributed by atoms with Gasteiger partial charge in [-0.15, -0.1) is 0 Å². The molecule has 1 atom stereocenters. The molecule has 0 radical (unpaired) electrons. The van der Waals surface area contributed by atoms with Crippen LogP contribution in [-0.2, 0) is 4.74 Å². The molecule has 0 bridgehead atoms. The van der Waals surface area contributed by atoms with Crippen molar-refractivity contribution in [2.24, 2.45) is 0 Å². The molecule has 2 aromatic rings. The maximum absolute atomic E-state index is 5.71. The third-order valence-corrected chi connectivity index (χ3v) is 6.47. The van der Waals surface area contributed by atoms with Crippen LogP contribution in [0.5, 0.6) is 0 Å². The van der Waals surface area contributed by atoms with Crippen molar-refractivity contribution in [3.63, 3.8) is 0 Å². The largest absolute Gasteiger partial charge is 0.378 e. The molecule has 3 fully saturated rings. The molecule has 5 rings (SSSR count). The van der Waals surface area contributed by atoms with Crippen LogP contribution in [0.15, 0.2) is 60.7 Å². The summed E-state index contributed by atoms with van der Waals surface area (Å²) in [7, 11) is 0. The minimum atomic E-state index is 0.364. The fraction of sp³-hybridized carbons (Fsp3) is 0.478. The van der Waals surface area contributed by atoms with Gasteiger partial charge in [0.2, 0.25) is 0 Å². The number of morpholine rings is 1. The van der Waals surface area contributed by atoms with Crippen LogP contribution in [0.2, 0.25) is 0 Å². The summed E-state index contributed by atoms with van der Waals surface area (Å²) in [4.78, 5) is 7.96. The third kappa shape index (κ3) is 3.55. The summed E-state index contributed by atoms with van der Waals surface area (Å²) >= 11 is 0. The monoisotopic (exact) mass is 363 g/mol. The third-order valence-electron chi connectivity index (χ3n) is 6.47. The van der Waals surface area contributed by atoms with Gasteiger partial charge >= 0.3 is 0 Å². The van der Waals surface area contributed by atoms with Gasteiger partial charge in [0.25, 0.3) is 0 Å². The SMILES string of the molecule is c1ccc(C(c2ccccc2)N2CC(N3CCN4CCOC[C@@H]4C3)C2)cc1. The predicted molar refractivity (Wildman–Crippen MR) is 108 cm³/mol. The van der Waals surface area contributed by atoms with E-state index in [1.165, 1.54) is 30.8 Å². The number of likely N-dealkylation sites (tertiary alicyclic amines) is 1. The molecular weight excluding hydrogens is 334 g/mol. The average molecular weight is 364 g/mol. The van der Waals surface area contributed by atoms with E-state index in [9.17, 15) is 0 Å². The summed E-state index contributed by atoms with van der Waals surface area (Å²) in [5.41, 5.74) is 2.79. The molecule has 0 amide bonds. The van der Waals surface area contributed by atoms with Crippen LogP contribution in [0.1, 0.15) is 17.2 Å². The highest BCUT2D eigenvalue weighted by Crippen LogP contribution is 2.34. The van der Waals surface area contributed by atoms with Gasteiger partial charge in [-0.25, -0.2) is 0 Å². The molecule has 0 unspecified atom stereocenters. The van der Waals surface area contributed by atoms with Crippen molar-refractivity contribution in [3.8, 4) is 0 Å². The fourth-order valence-corrected chi connectivity index (χ4v) is 4.92. The number of rotatable bonds is 4. The maximum Gasteiger partial charge on any atom is 0.0634 e. The van der Waals surface area contributed by atoms with Gasteiger partial charge in [0, 0.05) is 51.4 Å². The van der Waals surface area contributed by atoms with Crippen molar-refractivity contribution in [1.82, 2.24) is 14.7 Å². The first kappa shape index (κ1) is 17.4. The normalized spacial score (nSPS) is 25.3. The van der Waals surface area contributed by atoms with Gasteiger partial charge in [0.1, 0.15) is 0 Å². The number of fused-ring (bicyclic) bond motifs is 1. The molecule has 0 N–H and O–H groups in total. The van der Waals surface area contributed by atoms with Gasteiger partial charge in [0.05, 0.1) is 19.3 Å². The van der Waals surface area contributed by atoms with E-state index in [-0.39, 0.29) is 0 Å². The molecule has 142 valence electrons. The Morgan fingerprint density at radius 1 is 0.704 bits per heavy atom. The van der Waals surface area contributed by atoms with E-state index < -0.39 is 0 Å². The summed E-state index contributed by atoms with van der Waals surface area (Å²) in [6, 6.07) is 23.6. The molecule has 3 saturated heterocycles. The first-order chi connectivity index (χ1) is 13.4. The zero-order valence-corrected chi connectivity index (χ0v) is 15.9. The number of hydrogen-bond acceptors (Lipinski definition) is 4. The molecule has 0 spiro atoms. The Labute approximate surface area is 162 Å². The highest BCUT2D eigenvalue weighted by Gasteiger charge is 2.40. The summed E-state index contributed by atoms with van der Waals surface area (Å²) in [6.07, 6.45) is 0. The number of ether oxygens (including phenoxy) is 1. The van der Waals surface area contributed by atoms with Gasteiger partial charge in [-0.3, -0.25) is 14.7 Å². The molecule has 4 nitrogen and oxygen atoms in total. The van der Waals surface area contributed by atoms with Crippen molar-refractivity contribution < 1.29 is 4.74 Å². The Hall–Kier alpha value is -1.72. The zero-order chi connectivity index (χ0) is 18.1. The zero-order valence-electron chi connectivity index (χ0n) is 15.9. The lowest BCUT2D eigenvalue weighted by Gasteiger charge is -2.53. The summed E-state index contributed by atoms with van der Waals surface area (Å²) in [5, 5.41) is 0. The molecule has 3 aliphatic rings. The number of nitrogens with zero attached hydrogens (tertiary/aromatic N) is 3. The van der Waals surface area contributed by atoms with E-state index in [4.69, 9.17) is 4.74 Å². The second-order valence-electron chi connectivity index (χ2n) is 8.09. The lowest BCUT2D eigenvalue weighted by atomic mass is 9.92. The first-order valence-electron chi connectivity index (χ1n) is 10.3.